The highest BCUT2D eigenvalue weighted by Gasteiger charge is 2.15. The molecule has 0 aliphatic rings. The maximum atomic E-state index is 11.7. The normalized spacial score (nSPS) is 11.7. The predicted octanol–water partition coefficient (Wildman–Crippen LogP) is 6.01. The molecule has 0 radical (unpaired) electrons. The predicted molar refractivity (Wildman–Crippen MR) is 104 cm³/mol. The summed E-state index contributed by atoms with van der Waals surface area (Å²) >= 11 is 0. The van der Waals surface area contributed by atoms with E-state index in [9.17, 15) is 4.79 Å². The Hall–Kier alpha value is -0.570. The minimum absolute atomic E-state index is 0.0333. The Morgan fingerprint density at radius 3 is 1.75 bits per heavy atom. The molecule has 1 N–H and O–H groups in total. The third-order valence-electron chi connectivity index (χ3n) is 4.90. The lowest BCUT2D eigenvalue weighted by molar-refractivity contribution is -0.144. The molecule has 3 heteroatoms. The molecule has 0 saturated heterocycles. The minimum Gasteiger partial charge on any atom is -0.466 e. The van der Waals surface area contributed by atoms with E-state index < -0.39 is 0 Å². The van der Waals surface area contributed by atoms with Crippen LogP contribution in [0.1, 0.15) is 111 Å². The summed E-state index contributed by atoms with van der Waals surface area (Å²) in [5.41, 5.74) is 0.0380. The summed E-state index contributed by atoms with van der Waals surface area (Å²) in [5.74, 6) is -0.0333. The Morgan fingerprint density at radius 1 is 0.833 bits per heavy atom. The molecule has 24 heavy (non-hydrogen) atoms. The monoisotopic (exact) mass is 341 g/mol. The highest BCUT2D eigenvalue weighted by Crippen LogP contribution is 2.13. The molecule has 0 aliphatic heterocycles. The van der Waals surface area contributed by atoms with E-state index in [0.717, 1.165) is 19.3 Å². The smallest absolute Gasteiger partial charge is 0.305 e. The quantitative estimate of drug-likeness (QED) is 0.260. The third-order valence-corrected chi connectivity index (χ3v) is 4.90. The Labute approximate surface area is 151 Å². The van der Waals surface area contributed by atoms with Crippen molar-refractivity contribution >= 4 is 5.97 Å². The number of carbonyl (C=O) groups is 1. The SMILES string of the molecule is CCCCCCCCCCCCCCC(=O)OCCC(C)(C)NC. The van der Waals surface area contributed by atoms with Gasteiger partial charge in [0.1, 0.15) is 0 Å². The molecular weight excluding hydrogens is 298 g/mol. The number of hydrogen-bond acceptors (Lipinski definition) is 3. The Balaban J connectivity index is 3.25. The summed E-state index contributed by atoms with van der Waals surface area (Å²) in [5, 5.41) is 3.22. The number of rotatable bonds is 17. The van der Waals surface area contributed by atoms with E-state index in [4.69, 9.17) is 4.74 Å². The highest BCUT2D eigenvalue weighted by molar-refractivity contribution is 5.69. The zero-order chi connectivity index (χ0) is 18.1. The molecular formula is C21H43NO2. The molecule has 0 aromatic rings. The second kappa shape index (κ2) is 15.9. The first-order valence-electron chi connectivity index (χ1n) is 10.4. The van der Waals surface area contributed by atoms with E-state index in [2.05, 4.69) is 26.1 Å². The second-order valence-corrected chi connectivity index (χ2v) is 7.74. The van der Waals surface area contributed by atoms with Gasteiger partial charge in [0.25, 0.3) is 0 Å². The second-order valence-electron chi connectivity index (χ2n) is 7.74. The first kappa shape index (κ1) is 23.4. The van der Waals surface area contributed by atoms with Crippen LogP contribution in [-0.4, -0.2) is 25.2 Å². The van der Waals surface area contributed by atoms with Gasteiger partial charge in [-0.15, -0.1) is 0 Å². The molecule has 0 fully saturated rings. The largest absolute Gasteiger partial charge is 0.466 e. The van der Waals surface area contributed by atoms with E-state index in [1.165, 1.54) is 64.2 Å². The number of nitrogens with one attached hydrogen (secondary N) is 1. The highest BCUT2D eigenvalue weighted by atomic mass is 16.5. The molecule has 3 nitrogen and oxygen atoms in total. The van der Waals surface area contributed by atoms with Gasteiger partial charge < -0.3 is 10.1 Å². The van der Waals surface area contributed by atoms with Crippen molar-refractivity contribution in [3.05, 3.63) is 0 Å². The van der Waals surface area contributed by atoms with Crippen LogP contribution in [0.15, 0.2) is 0 Å². The summed E-state index contributed by atoms with van der Waals surface area (Å²) in [4.78, 5) is 11.7. The molecule has 0 atom stereocenters. The molecule has 0 aromatic carbocycles. The zero-order valence-corrected chi connectivity index (χ0v) is 16.9. The molecule has 0 amide bonds. The topological polar surface area (TPSA) is 38.3 Å². The molecule has 0 spiro atoms. The number of hydrogen-bond donors (Lipinski definition) is 1. The van der Waals surface area contributed by atoms with E-state index in [0.29, 0.717) is 13.0 Å². The third kappa shape index (κ3) is 16.3. The van der Waals surface area contributed by atoms with Crippen molar-refractivity contribution in [2.75, 3.05) is 13.7 Å². The van der Waals surface area contributed by atoms with Crippen LogP contribution in [0.25, 0.3) is 0 Å². The minimum atomic E-state index is -0.0333. The fourth-order valence-corrected chi connectivity index (χ4v) is 2.73. The standard InChI is InChI=1S/C21H43NO2/c1-5-6-7-8-9-10-11-12-13-14-15-16-17-20(23)24-19-18-21(2,3)22-4/h22H,5-19H2,1-4H3. The van der Waals surface area contributed by atoms with Crippen LogP contribution in [0.2, 0.25) is 0 Å². The maximum Gasteiger partial charge on any atom is 0.305 e. The average Bonchev–Trinajstić information content (AvgIpc) is 2.55. The van der Waals surface area contributed by atoms with Gasteiger partial charge in [0, 0.05) is 12.0 Å². The van der Waals surface area contributed by atoms with Crippen molar-refractivity contribution in [1.82, 2.24) is 5.32 Å². The van der Waals surface area contributed by atoms with Gasteiger partial charge >= 0.3 is 5.97 Å². The molecule has 0 rings (SSSR count). The van der Waals surface area contributed by atoms with Crippen LogP contribution >= 0.6 is 0 Å². The van der Waals surface area contributed by atoms with Gasteiger partial charge in [0.2, 0.25) is 0 Å². The first-order valence-corrected chi connectivity index (χ1v) is 10.4. The summed E-state index contributed by atoms with van der Waals surface area (Å²) in [6.45, 7) is 7.02. The first-order chi connectivity index (χ1) is 11.5. The van der Waals surface area contributed by atoms with Crippen LogP contribution < -0.4 is 5.32 Å². The molecule has 0 aromatic heterocycles. The molecule has 0 saturated carbocycles. The van der Waals surface area contributed by atoms with Gasteiger partial charge in [-0.1, -0.05) is 77.6 Å². The van der Waals surface area contributed by atoms with Crippen molar-refractivity contribution in [3.8, 4) is 0 Å². The van der Waals surface area contributed by atoms with E-state index in [1.54, 1.807) is 0 Å². The Bertz CT molecular complexity index is 290. The fourth-order valence-electron chi connectivity index (χ4n) is 2.73. The van der Waals surface area contributed by atoms with Gasteiger partial charge in [0.15, 0.2) is 0 Å². The fraction of sp³-hybridized carbons (Fsp3) is 0.952. The van der Waals surface area contributed by atoms with Gasteiger partial charge in [-0.25, -0.2) is 0 Å². The van der Waals surface area contributed by atoms with Crippen molar-refractivity contribution in [2.24, 2.45) is 0 Å². The van der Waals surface area contributed by atoms with Gasteiger partial charge in [-0.2, -0.15) is 0 Å². The molecule has 0 heterocycles. The summed E-state index contributed by atoms with van der Waals surface area (Å²) in [6, 6.07) is 0. The molecule has 144 valence electrons. The van der Waals surface area contributed by atoms with E-state index in [1.807, 2.05) is 7.05 Å². The number of ether oxygens (including phenoxy) is 1. The Kier molecular flexibility index (Phi) is 15.6. The zero-order valence-electron chi connectivity index (χ0n) is 16.9. The molecule has 0 unspecified atom stereocenters. The van der Waals surface area contributed by atoms with E-state index in [-0.39, 0.29) is 11.5 Å². The van der Waals surface area contributed by atoms with Crippen LogP contribution in [0, 0.1) is 0 Å². The number of carbonyl (C=O) groups excluding carboxylic acids is 1. The lowest BCUT2D eigenvalue weighted by atomic mass is 10.0. The summed E-state index contributed by atoms with van der Waals surface area (Å²) in [7, 11) is 1.94. The van der Waals surface area contributed by atoms with Gasteiger partial charge in [0.05, 0.1) is 6.61 Å². The van der Waals surface area contributed by atoms with Crippen LogP contribution in [0.5, 0.6) is 0 Å². The van der Waals surface area contributed by atoms with Crippen molar-refractivity contribution in [2.45, 2.75) is 116 Å². The van der Waals surface area contributed by atoms with Crippen molar-refractivity contribution < 1.29 is 9.53 Å². The summed E-state index contributed by atoms with van der Waals surface area (Å²) in [6.07, 6.45) is 17.3. The number of esters is 1. The number of unbranched alkanes of at least 4 members (excludes halogenated alkanes) is 11. The molecule has 0 aliphatic carbocycles. The van der Waals surface area contributed by atoms with Gasteiger partial charge in [-0.3, -0.25) is 4.79 Å². The lowest BCUT2D eigenvalue weighted by Crippen LogP contribution is -2.37. The summed E-state index contributed by atoms with van der Waals surface area (Å²) < 4.78 is 5.30. The maximum absolute atomic E-state index is 11.7. The van der Waals surface area contributed by atoms with Crippen LogP contribution in [0.3, 0.4) is 0 Å². The lowest BCUT2D eigenvalue weighted by Gasteiger charge is -2.23. The van der Waals surface area contributed by atoms with Crippen LogP contribution in [-0.2, 0) is 9.53 Å². The van der Waals surface area contributed by atoms with Crippen molar-refractivity contribution in [3.63, 3.8) is 0 Å². The van der Waals surface area contributed by atoms with Crippen LogP contribution in [0.4, 0.5) is 0 Å². The van der Waals surface area contributed by atoms with E-state index >= 15 is 0 Å². The average molecular weight is 342 g/mol. The Morgan fingerprint density at radius 2 is 1.29 bits per heavy atom. The molecule has 0 bridgehead atoms. The van der Waals surface area contributed by atoms with Gasteiger partial charge in [-0.05, 0) is 33.7 Å². The van der Waals surface area contributed by atoms with Crippen molar-refractivity contribution in [1.29, 1.82) is 0 Å².